The first-order chi connectivity index (χ1) is 9.02. The van der Waals surface area contributed by atoms with Gasteiger partial charge in [0.1, 0.15) is 0 Å². The molecule has 1 aromatic rings. The van der Waals surface area contributed by atoms with Crippen molar-refractivity contribution in [1.82, 2.24) is 15.2 Å². The summed E-state index contributed by atoms with van der Waals surface area (Å²) in [5.41, 5.74) is 1.18. The summed E-state index contributed by atoms with van der Waals surface area (Å²) in [6.07, 6.45) is 2.48. The third-order valence-electron chi connectivity index (χ3n) is 4.11. The molecule has 1 atom stereocenters. The smallest absolute Gasteiger partial charge is 0.185 e. The van der Waals surface area contributed by atoms with Gasteiger partial charge in [0, 0.05) is 30.1 Å². The summed E-state index contributed by atoms with van der Waals surface area (Å²) in [5, 5.41) is 4.51. The zero-order chi connectivity index (χ0) is 14.0. The fraction of sp³-hybridized carbons (Fsp3) is 0.786. The molecule has 1 saturated heterocycles. The number of hydrogen-bond acceptors (Lipinski definition) is 5. The van der Waals surface area contributed by atoms with Gasteiger partial charge in [-0.2, -0.15) is 0 Å². The maximum Gasteiger partial charge on any atom is 0.185 e. The Kier molecular flexibility index (Phi) is 4.81. The van der Waals surface area contributed by atoms with E-state index in [1.807, 2.05) is 18.4 Å². The Hall–Kier alpha value is -0.650. The van der Waals surface area contributed by atoms with Gasteiger partial charge in [-0.25, -0.2) is 4.98 Å². The molecule has 0 radical (unpaired) electrons. The number of nitrogens with zero attached hydrogens (tertiary/aromatic N) is 3. The predicted molar refractivity (Wildman–Crippen MR) is 83.2 cm³/mol. The van der Waals surface area contributed by atoms with Gasteiger partial charge in [0.2, 0.25) is 0 Å². The number of hydrogen-bond donors (Lipinski definition) is 1. The van der Waals surface area contributed by atoms with Crippen LogP contribution < -0.4 is 10.2 Å². The molecule has 0 bridgehead atoms. The van der Waals surface area contributed by atoms with Crippen molar-refractivity contribution in [1.29, 1.82) is 0 Å². The van der Waals surface area contributed by atoms with Crippen LogP contribution in [0.4, 0.5) is 5.13 Å². The monoisotopic (exact) mass is 282 g/mol. The van der Waals surface area contributed by atoms with Crippen LogP contribution in [0, 0.1) is 6.92 Å². The highest BCUT2D eigenvalue weighted by Gasteiger charge is 2.23. The molecular formula is C14H26N4S. The highest BCUT2D eigenvalue weighted by molar-refractivity contribution is 7.15. The molecule has 108 valence electrons. The molecule has 5 heteroatoms. The van der Waals surface area contributed by atoms with Crippen LogP contribution in [0.15, 0.2) is 0 Å². The first kappa shape index (κ1) is 14.8. The average Bonchev–Trinajstić information content (AvgIpc) is 2.80. The SMILES string of the molecule is CNC(C)c1sc(N2CCC(N(C)C)CC2)nc1C. The van der Waals surface area contributed by atoms with Crippen molar-refractivity contribution >= 4 is 16.5 Å². The summed E-state index contributed by atoms with van der Waals surface area (Å²) >= 11 is 1.85. The summed E-state index contributed by atoms with van der Waals surface area (Å²) in [6.45, 7) is 6.57. The Morgan fingerprint density at radius 3 is 2.53 bits per heavy atom. The second-order valence-corrected chi connectivity index (χ2v) is 6.65. The first-order valence-electron chi connectivity index (χ1n) is 7.09. The Balaban J connectivity index is 2.04. The molecular weight excluding hydrogens is 256 g/mol. The van der Waals surface area contributed by atoms with Crippen LogP contribution in [0.3, 0.4) is 0 Å². The van der Waals surface area contributed by atoms with E-state index in [-0.39, 0.29) is 0 Å². The average molecular weight is 282 g/mol. The van der Waals surface area contributed by atoms with E-state index in [4.69, 9.17) is 4.98 Å². The topological polar surface area (TPSA) is 31.4 Å². The van der Waals surface area contributed by atoms with Gasteiger partial charge in [-0.1, -0.05) is 0 Å². The molecule has 1 aliphatic rings. The maximum atomic E-state index is 4.76. The van der Waals surface area contributed by atoms with E-state index in [2.05, 4.69) is 43.1 Å². The standard InChI is InChI=1S/C14H26N4S/c1-10(15-3)13-11(2)16-14(19-13)18-8-6-12(7-9-18)17(4)5/h10,12,15H,6-9H2,1-5H3. The fourth-order valence-electron chi connectivity index (χ4n) is 2.64. The van der Waals surface area contributed by atoms with E-state index in [1.165, 1.54) is 28.5 Å². The maximum absolute atomic E-state index is 4.76. The number of thiazole rings is 1. The fourth-order valence-corrected chi connectivity index (χ4v) is 3.81. The lowest BCUT2D eigenvalue weighted by molar-refractivity contribution is 0.249. The van der Waals surface area contributed by atoms with Crippen LogP contribution in [-0.2, 0) is 0 Å². The molecule has 1 unspecified atom stereocenters. The number of aryl methyl sites for hydroxylation is 1. The molecule has 0 aromatic carbocycles. The van der Waals surface area contributed by atoms with Gasteiger partial charge >= 0.3 is 0 Å². The summed E-state index contributed by atoms with van der Waals surface area (Å²) in [6, 6.07) is 1.12. The van der Waals surface area contributed by atoms with Crippen molar-refractivity contribution in [3.05, 3.63) is 10.6 Å². The molecule has 1 aliphatic heterocycles. The van der Waals surface area contributed by atoms with Gasteiger partial charge in [-0.3, -0.25) is 0 Å². The van der Waals surface area contributed by atoms with Crippen molar-refractivity contribution in [2.24, 2.45) is 0 Å². The van der Waals surface area contributed by atoms with Gasteiger partial charge in [0.15, 0.2) is 5.13 Å². The van der Waals surface area contributed by atoms with E-state index in [9.17, 15) is 0 Å². The Labute approximate surface area is 120 Å². The normalized spacial score (nSPS) is 19.2. The van der Waals surface area contributed by atoms with Crippen LogP contribution in [0.25, 0.3) is 0 Å². The van der Waals surface area contributed by atoms with Gasteiger partial charge in [-0.05, 0) is 47.8 Å². The number of anilines is 1. The quantitative estimate of drug-likeness (QED) is 0.918. The van der Waals surface area contributed by atoms with Crippen molar-refractivity contribution in [2.75, 3.05) is 39.1 Å². The highest BCUT2D eigenvalue weighted by Crippen LogP contribution is 2.32. The lowest BCUT2D eigenvalue weighted by Crippen LogP contribution is -2.41. The van der Waals surface area contributed by atoms with Crippen molar-refractivity contribution in [3.8, 4) is 0 Å². The molecule has 0 aliphatic carbocycles. The molecule has 19 heavy (non-hydrogen) atoms. The molecule has 4 nitrogen and oxygen atoms in total. The zero-order valence-corrected chi connectivity index (χ0v) is 13.5. The van der Waals surface area contributed by atoms with E-state index in [0.717, 1.165) is 19.1 Å². The molecule has 0 amide bonds. The highest BCUT2D eigenvalue weighted by atomic mass is 32.1. The van der Waals surface area contributed by atoms with Crippen molar-refractivity contribution in [3.63, 3.8) is 0 Å². The second kappa shape index (κ2) is 6.20. The summed E-state index contributed by atoms with van der Waals surface area (Å²) in [5.74, 6) is 0. The Morgan fingerprint density at radius 1 is 1.37 bits per heavy atom. The van der Waals surface area contributed by atoms with Gasteiger partial charge in [0.05, 0.1) is 5.69 Å². The minimum Gasteiger partial charge on any atom is -0.348 e. The number of rotatable bonds is 4. The number of aromatic nitrogens is 1. The molecule has 2 rings (SSSR count). The van der Waals surface area contributed by atoms with Gasteiger partial charge < -0.3 is 15.1 Å². The van der Waals surface area contributed by atoms with E-state index in [1.54, 1.807) is 0 Å². The lowest BCUT2D eigenvalue weighted by atomic mass is 10.0. The molecule has 0 saturated carbocycles. The van der Waals surface area contributed by atoms with E-state index >= 15 is 0 Å². The van der Waals surface area contributed by atoms with Gasteiger partial charge in [-0.15, -0.1) is 11.3 Å². The summed E-state index contributed by atoms with van der Waals surface area (Å²) in [4.78, 5) is 10.9. The molecule has 1 aromatic heterocycles. The Bertz CT molecular complexity index is 408. The van der Waals surface area contributed by atoms with Gasteiger partial charge in [0.25, 0.3) is 0 Å². The van der Waals surface area contributed by atoms with E-state index < -0.39 is 0 Å². The molecule has 2 heterocycles. The lowest BCUT2D eigenvalue weighted by Gasteiger charge is -2.35. The zero-order valence-electron chi connectivity index (χ0n) is 12.7. The van der Waals surface area contributed by atoms with Crippen molar-refractivity contribution in [2.45, 2.75) is 38.8 Å². The van der Waals surface area contributed by atoms with Crippen LogP contribution in [-0.4, -0.2) is 50.2 Å². The van der Waals surface area contributed by atoms with E-state index in [0.29, 0.717) is 6.04 Å². The van der Waals surface area contributed by atoms with Crippen molar-refractivity contribution < 1.29 is 0 Å². The van der Waals surface area contributed by atoms with Crippen LogP contribution >= 0.6 is 11.3 Å². The Morgan fingerprint density at radius 2 is 2.00 bits per heavy atom. The third kappa shape index (κ3) is 3.27. The molecule has 1 fully saturated rings. The third-order valence-corrected chi connectivity index (χ3v) is 5.51. The first-order valence-corrected chi connectivity index (χ1v) is 7.90. The van der Waals surface area contributed by atoms with Crippen LogP contribution in [0.2, 0.25) is 0 Å². The van der Waals surface area contributed by atoms with Crippen LogP contribution in [0.1, 0.15) is 36.4 Å². The minimum atomic E-state index is 0.394. The van der Waals surface area contributed by atoms with Crippen LogP contribution in [0.5, 0.6) is 0 Å². The predicted octanol–water partition coefficient (Wildman–Crippen LogP) is 2.26. The molecule has 0 spiro atoms. The number of piperidine rings is 1. The second-order valence-electron chi connectivity index (χ2n) is 5.64. The number of nitrogens with one attached hydrogen (secondary N) is 1. The summed E-state index contributed by atoms with van der Waals surface area (Å²) < 4.78 is 0. The summed E-state index contributed by atoms with van der Waals surface area (Å²) in [7, 11) is 6.37. The largest absolute Gasteiger partial charge is 0.348 e. The molecule has 1 N–H and O–H groups in total. The minimum absolute atomic E-state index is 0.394.